The number of alkyl halides is 3. The van der Waals surface area contributed by atoms with Crippen LogP contribution in [0.2, 0.25) is 0 Å². The van der Waals surface area contributed by atoms with E-state index in [1.807, 2.05) is 0 Å². The molecule has 1 aliphatic heterocycles. The number of rotatable bonds is 3. The van der Waals surface area contributed by atoms with Gasteiger partial charge in [0.1, 0.15) is 5.69 Å². The fourth-order valence-corrected chi connectivity index (χ4v) is 2.78. The Morgan fingerprint density at radius 2 is 2.10 bits per heavy atom. The largest absolute Gasteiger partial charge is 0.433 e. The minimum Gasteiger partial charge on any atom is -0.342 e. The van der Waals surface area contributed by atoms with Crippen LogP contribution in [0.3, 0.4) is 0 Å². The minimum atomic E-state index is -4.49. The molecule has 0 radical (unpaired) electrons. The van der Waals surface area contributed by atoms with Gasteiger partial charge in [-0.2, -0.15) is 13.2 Å². The van der Waals surface area contributed by atoms with Gasteiger partial charge in [-0.05, 0) is 24.8 Å². The summed E-state index contributed by atoms with van der Waals surface area (Å²) in [6, 6.07) is 0.817. The van der Waals surface area contributed by atoms with Gasteiger partial charge in [0.15, 0.2) is 5.16 Å². The van der Waals surface area contributed by atoms with Crippen LogP contribution in [0.4, 0.5) is 13.2 Å². The molecule has 0 unspecified atom stereocenters. The molecule has 1 amide bonds. The maximum absolute atomic E-state index is 12.5. The van der Waals surface area contributed by atoms with E-state index >= 15 is 0 Å². The molecule has 116 valence electrons. The molecule has 1 fully saturated rings. The highest BCUT2D eigenvalue weighted by Gasteiger charge is 2.32. The number of carbonyl (C=O) groups excluding carboxylic acids is 1. The number of thioether (sulfide) groups is 1. The molecule has 2 rings (SSSR count). The highest BCUT2D eigenvalue weighted by Crippen LogP contribution is 2.28. The van der Waals surface area contributed by atoms with E-state index in [1.165, 1.54) is 0 Å². The molecule has 8 heteroatoms. The smallest absolute Gasteiger partial charge is 0.342 e. The van der Waals surface area contributed by atoms with Crippen molar-refractivity contribution in [1.29, 1.82) is 0 Å². The molecule has 2 heterocycles. The standard InChI is InChI=1S/C13H16F3N3OS/c1-9-3-6-19(7-4-9)11(20)8-21-12-17-5-2-10(18-12)13(14,15)16/h2,5,9H,3-4,6-8H2,1H3. The lowest BCUT2D eigenvalue weighted by Crippen LogP contribution is -2.38. The predicted molar refractivity (Wildman–Crippen MR) is 72.7 cm³/mol. The summed E-state index contributed by atoms with van der Waals surface area (Å²) >= 11 is 0.940. The van der Waals surface area contributed by atoms with Crippen molar-refractivity contribution in [2.45, 2.75) is 31.1 Å². The summed E-state index contributed by atoms with van der Waals surface area (Å²) < 4.78 is 37.6. The Kier molecular flexibility index (Phi) is 5.08. The number of aromatic nitrogens is 2. The third kappa shape index (κ3) is 4.59. The number of likely N-dealkylation sites (tertiary alicyclic amines) is 1. The maximum atomic E-state index is 12.5. The second-order valence-electron chi connectivity index (χ2n) is 5.07. The second kappa shape index (κ2) is 6.64. The summed E-state index contributed by atoms with van der Waals surface area (Å²) in [5.41, 5.74) is -0.987. The number of halogens is 3. The molecule has 0 aliphatic carbocycles. The van der Waals surface area contributed by atoms with E-state index in [0.29, 0.717) is 19.0 Å². The van der Waals surface area contributed by atoms with Crippen LogP contribution in [0.15, 0.2) is 17.4 Å². The van der Waals surface area contributed by atoms with E-state index in [9.17, 15) is 18.0 Å². The van der Waals surface area contributed by atoms with Gasteiger partial charge >= 0.3 is 6.18 Å². The average Bonchev–Trinajstić information content (AvgIpc) is 2.45. The Morgan fingerprint density at radius 1 is 1.43 bits per heavy atom. The number of carbonyl (C=O) groups is 1. The van der Waals surface area contributed by atoms with Crippen molar-refractivity contribution in [2.24, 2.45) is 5.92 Å². The van der Waals surface area contributed by atoms with Crippen molar-refractivity contribution in [1.82, 2.24) is 14.9 Å². The molecule has 0 spiro atoms. The first kappa shape index (κ1) is 16.1. The molecule has 0 N–H and O–H groups in total. The topological polar surface area (TPSA) is 46.1 Å². The van der Waals surface area contributed by atoms with Gasteiger partial charge in [0.25, 0.3) is 0 Å². The SMILES string of the molecule is CC1CCN(C(=O)CSc2nccc(C(F)(F)F)n2)CC1. The molecule has 0 atom stereocenters. The Balaban J connectivity index is 1.89. The van der Waals surface area contributed by atoms with Crippen LogP contribution in [-0.2, 0) is 11.0 Å². The van der Waals surface area contributed by atoms with Crippen molar-refractivity contribution in [3.05, 3.63) is 18.0 Å². The van der Waals surface area contributed by atoms with Crippen LogP contribution >= 0.6 is 11.8 Å². The average molecular weight is 319 g/mol. The van der Waals surface area contributed by atoms with Gasteiger partial charge in [0, 0.05) is 19.3 Å². The van der Waals surface area contributed by atoms with Crippen LogP contribution < -0.4 is 0 Å². The summed E-state index contributed by atoms with van der Waals surface area (Å²) in [5.74, 6) is 0.608. The monoisotopic (exact) mass is 319 g/mol. The Labute approximate surface area is 125 Å². The first-order valence-corrected chi connectivity index (χ1v) is 7.65. The summed E-state index contributed by atoms with van der Waals surface area (Å²) in [4.78, 5) is 20.9. The van der Waals surface area contributed by atoms with Crippen molar-refractivity contribution in [3.63, 3.8) is 0 Å². The number of amides is 1. The van der Waals surface area contributed by atoms with Crippen molar-refractivity contribution < 1.29 is 18.0 Å². The van der Waals surface area contributed by atoms with Crippen LogP contribution in [0.1, 0.15) is 25.5 Å². The van der Waals surface area contributed by atoms with Crippen molar-refractivity contribution in [2.75, 3.05) is 18.8 Å². The van der Waals surface area contributed by atoms with Gasteiger partial charge in [-0.15, -0.1) is 0 Å². The number of hydrogen-bond acceptors (Lipinski definition) is 4. The van der Waals surface area contributed by atoms with E-state index < -0.39 is 11.9 Å². The molecule has 4 nitrogen and oxygen atoms in total. The lowest BCUT2D eigenvalue weighted by atomic mass is 9.99. The lowest BCUT2D eigenvalue weighted by Gasteiger charge is -2.30. The zero-order chi connectivity index (χ0) is 15.5. The van der Waals surface area contributed by atoms with E-state index in [4.69, 9.17) is 0 Å². The third-order valence-electron chi connectivity index (χ3n) is 3.38. The van der Waals surface area contributed by atoms with Crippen LogP contribution in [0, 0.1) is 5.92 Å². The first-order valence-electron chi connectivity index (χ1n) is 6.67. The summed E-state index contributed by atoms with van der Waals surface area (Å²) in [6.45, 7) is 3.57. The number of nitrogens with zero attached hydrogens (tertiary/aromatic N) is 3. The molecule has 0 bridgehead atoms. The van der Waals surface area contributed by atoms with E-state index in [0.717, 1.165) is 36.9 Å². The highest BCUT2D eigenvalue weighted by atomic mass is 32.2. The molecule has 1 saturated heterocycles. The predicted octanol–water partition coefficient (Wildman–Crippen LogP) is 2.85. The van der Waals surface area contributed by atoms with Gasteiger partial charge in [0.2, 0.25) is 5.91 Å². The summed E-state index contributed by atoms with van der Waals surface area (Å²) in [6.07, 6.45) is -1.50. The van der Waals surface area contributed by atoms with Crippen LogP contribution in [0.5, 0.6) is 0 Å². The van der Waals surface area contributed by atoms with E-state index in [-0.39, 0.29) is 16.8 Å². The molecule has 1 aromatic rings. The van der Waals surface area contributed by atoms with E-state index in [1.54, 1.807) is 4.90 Å². The second-order valence-corrected chi connectivity index (χ2v) is 6.02. The van der Waals surface area contributed by atoms with Gasteiger partial charge < -0.3 is 4.90 Å². The Bertz CT molecular complexity index is 502. The number of hydrogen-bond donors (Lipinski definition) is 0. The molecule has 21 heavy (non-hydrogen) atoms. The minimum absolute atomic E-state index is 0.0245. The normalized spacial score (nSPS) is 17.0. The van der Waals surface area contributed by atoms with Gasteiger partial charge in [-0.1, -0.05) is 18.7 Å². The number of piperidine rings is 1. The maximum Gasteiger partial charge on any atom is 0.433 e. The molecule has 0 aromatic carbocycles. The van der Waals surface area contributed by atoms with Crippen LogP contribution in [-0.4, -0.2) is 39.6 Å². The molecular formula is C13H16F3N3OS. The Hall–Kier alpha value is -1.31. The van der Waals surface area contributed by atoms with E-state index in [2.05, 4.69) is 16.9 Å². The summed E-state index contributed by atoms with van der Waals surface area (Å²) in [7, 11) is 0. The van der Waals surface area contributed by atoms with Crippen molar-refractivity contribution in [3.8, 4) is 0 Å². The fourth-order valence-electron chi connectivity index (χ4n) is 2.04. The third-order valence-corrected chi connectivity index (χ3v) is 4.23. The zero-order valence-electron chi connectivity index (χ0n) is 11.6. The molecule has 0 saturated carbocycles. The Morgan fingerprint density at radius 3 is 2.71 bits per heavy atom. The van der Waals surface area contributed by atoms with Gasteiger partial charge in [-0.3, -0.25) is 4.79 Å². The lowest BCUT2D eigenvalue weighted by molar-refractivity contribution is -0.141. The summed E-state index contributed by atoms with van der Waals surface area (Å²) in [5, 5.41) is -0.0245. The molecule has 1 aromatic heterocycles. The quantitative estimate of drug-likeness (QED) is 0.635. The molecular weight excluding hydrogens is 303 g/mol. The highest BCUT2D eigenvalue weighted by molar-refractivity contribution is 7.99. The van der Waals surface area contributed by atoms with Gasteiger partial charge in [-0.25, -0.2) is 9.97 Å². The van der Waals surface area contributed by atoms with Gasteiger partial charge in [0.05, 0.1) is 5.75 Å². The molecule has 1 aliphatic rings. The zero-order valence-corrected chi connectivity index (χ0v) is 12.4. The fraction of sp³-hybridized carbons (Fsp3) is 0.615. The first-order chi connectivity index (χ1) is 9.86. The van der Waals surface area contributed by atoms with Crippen LogP contribution in [0.25, 0.3) is 0 Å². The van der Waals surface area contributed by atoms with Crippen molar-refractivity contribution >= 4 is 17.7 Å².